The van der Waals surface area contributed by atoms with Gasteiger partial charge in [-0.3, -0.25) is 0 Å². The molecule has 2 nitrogen and oxygen atoms in total. The number of aryl methyl sites for hydroxylation is 2. The average molecular weight is 239 g/mol. The number of alkyl halides is 1. The van der Waals surface area contributed by atoms with E-state index in [1.807, 2.05) is 25.1 Å². The molecule has 0 atom stereocenters. The average Bonchev–Trinajstić information content (AvgIpc) is 2.24. The normalized spacial score (nSPS) is 10.9. The second-order valence-electron chi connectivity index (χ2n) is 3.61. The van der Waals surface area contributed by atoms with E-state index < -0.39 is 5.97 Å². The fraction of sp³-hybridized carbons (Fsp3) is 0.308. The molecule has 86 valence electrons. The van der Waals surface area contributed by atoms with E-state index in [-0.39, 0.29) is 0 Å². The van der Waals surface area contributed by atoms with Gasteiger partial charge in [0, 0.05) is 12.0 Å². The van der Waals surface area contributed by atoms with Crippen LogP contribution >= 0.6 is 11.6 Å². The van der Waals surface area contributed by atoms with Crippen LogP contribution in [0, 0.1) is 6.92 Å². The molecule has 1 aromatic rings. The van der Waals surface area contributed by atoms with Crippen molar-refractivity contribution in [1.82, 2.24) is 0 Å². The number of carbonyl (C=O) groups is 1. The Morgan fingerprint density at radius 3 is 2.88 bits per heavy atom. The van der Waals surface area contributed by atoms with Crippen molar-refractivity contribution in [2.45, 2.75) is 19.8 Å². The highest BCUT2D eigenvalue weighted by molar-refractivity contribution is 6.17. The summed E-state index contributed by atoms with van der Waals surface area (Å²) in [5, 5.41) is 8.62. The molecule has 3 heteroatoms. The van der Waals surface area contributed by atoms with Crippen molar-refractivity contribution in [3.05, 3.63) is 41.0 Å². The molecule has 0 spiro atoms. The lowest BCUT2D eigenvalue weighted by atomic mass is 9.98. The Kier molecular flexibility index (Phi) is 5.06. The van der Waals surface area contributed by atoms with Gasteiger partial charge in [0.15, 0.2) is 0 Å². The zero-order valence-corrected chi connectivity index (χ0v) is 10.00. The van der Waals surface area contributed by atoms with Gasteiger partial charge in [0.25, 0.3) is 0 Å². The Balaban J connectivity index is 2.98. The summed E-state index contributed by atoms with van der Waals surface area (Å²) in [6.07, 6.45) is 4.61. The zero-order valence-electron chi connectivity index (χ0n) is 9.24. The summed E-state index contributed by atoms with van der Waals surface area (Å²) in [5.74, 6) is -0.303. The van der Waals surface area contributed by atoms with E-state index in [0.717, 1.165) is 29.5 Å². The smallest absolute Gasteiger partial charge is 0.328 e. The summed E-state index contributed by atoms with van der Waals surface area (Å²) in [5.41, 5.74) is 3.23. The highest BCUT2D eigenvalue weighted by Gasteiger charge is 2.02. The second-order valence-corrected chi connectivity index (χ2v) is 3.99. The molecule has 0 amide bonds. The lowest BCUT2D eigenvalue weighted by Gasteiger charge is -2.08. The van der Waals surface area contributed by atoms with Gasteiger partial charge >= 0.3 is 5.97 Å². The van der Waals surface area contributed by atoms with E-state index in [1.165, 1.54) is 6.08 Å². The quantitative estimate of drug-likeness (QED) is 0.632. The molecular formula is C13H15ClO2. The van der Waals surface area contributed by atoms with E-state index in [2.05, 4.69) is 0 Å². The molecule has 16 heavy (non-hydrogen) atoms. The van der Waals surface area contributed by atoms with E-state index in [4.69, 9.17) is 16.7 Å². The van der Waals surface area contributed by atoms with Gasteiger partial charge in [-0.1, -0.05) is 18.2 Å². The third-order valence-corrected chi connectivity index (χ3v) is 2.65. The molecule has 0 bridgehead atoms. The predicted molar refractivity (Wildman–Crippen MR) is 66.9 cm³/mol. The number of carboxylic acids is 1. The van der Waals surface area contributed by atoms with E-state index in [0.29, 0.717) is 5.88 Å². The van der Waals surface area contributed by atoms with Gasteiger partial charge in [-0.2, -0.15) is 0 Å². The number of aliphatic carboxylic acids is 1. The molecular weight excluding hydrogens is 224 g/mol. The van der Waals surface area contributed by atoms with Gasteiger partial charge in [0.1, 0.15) is 0 Å². The maximum Gasteiger partial charge on any atom is 0.328 e. The highest BCUT2D eigenvalue weighted by atomic mass is 35.5. The molecule has 0 saturated heterocycles. The van der Waals surface area contributed by atoms with Crippen molar-refractivity contribution in [2.75, 3.05) is 5.88 Å². The van der Waals surface area contributed by atoms with Crippen LogP contribution in [0.15, 0.2) is 24.3 Å². The monoisotopic (exact) mass is 238 g/mol. The Bertz CT molecular complexity index is 397. The van der Waals surface area contributed by atoms with Crippen LogP contribution in [0.1, 0.15) is 23.1 Å². The van der Waals surface area contributed by atoms with Crippen LogP contribution in [0.2, 0.25) is 0 Å². The summed E-state index contributed by atoms with van der Waals surface area (Å²) >= 11 is 5.66. The van der Waals surface area contributed by atoms with Crippen molar-refractivity contribution in [1.29, 1.82) is 0 Å². The van der Waals surface area contributed by atoms with Crippen LogP contribution in [-0.2, 0) is 11.2 Å². The fourth-order valence-corrected chi connectivity index (χ4v) is 1.74. The number of hydrogen-bond donors (Lipinski definition) is 1. The van der Waals surface area contributed by atoms with Crippen LogP contribution in [0.3, 0.4) is 0 Å². The number of benzene rings is 1. The molecule has 0 radical (unpaired) electrons. The molecule has 0 aliphatic carbocycles. The standard InChI is InChI=1S/C13H15ClO2/c1-10-4-2-5-11(6-3-9-14)12(10)7-8-13(15)16/h2,4-5,7-8H,3,6,9H2,1H3,(H,15,16)/b8-7+. The minimum absolute atomic E-state index is 0.621. The molecule has 1 aromatic carbocycles. The van der Waals surface area contributed by atoms with Gasteiger partial charge in [0.05, 0.1) is 0 Å². The van der Waals surface area contributed by atoms with Crippen LogP contribution in [0.4, 0.5) is 0 Å². The molecule has 1 rings (SSSR count). The van der Waals surface area contributed by atoms with Gasteiger partial charge in [0.2, 0.25) is 0 Å². The maximum absolute atomic E-state index is 10.5. The molecule has 0 fully saturated rings. The third-order valence-electron chi connectivity index (χ3n) is 2.39. The number of hydrogen-bond acceptors (Lipinski definition) is 1. The van der Waals surface area contributed by atoms with E-state index >= 15 is 0 Å². The van der Waals surface area contributed by atoms with Crippen molar-refractivity contribution < 1.29 is 9.90 Å². The predicted octanol–water partition coefficient (Wildman–Crippen LogP) is 3.26. The Labute approximate surface area is 101 Å². The molecule has 0 saturated carbocycles. The Morgan fingerprint density at radius 1 is 1.50 bits per heavy atom. The molecule has 1 N–H and O–H groups in total. The highest BCUT2D eigenvalue weighted by Crippen LogP contribution is 2.18. The zero-order chi connectivity index (χ0) is 12.0. The van der Waals surface area contributed by atoms with Crippen molar-refractivity contribution in [3.63, 3.8) is 0 Å². The van der Waals surface area contributed by atoms with Crippen LogP contribution in [-0.4, -0.2) is 17.0 Å². The first-order chi connectivity index (χ1) is 7.65. The molecule has 0 unspecified atom stereocenters. The van der Waals surface area contributed by atoms with Crippen LogP contribution in [0.25, 0.3) is 6.08 Å². The van der Waals surface area contributed by atoms with E-state index in [9.17, 15) is 4.79 Å². The lowest BCUT2D eigenvalue weighted by molar-refractivity contribution is -0.131. The first kappa shape index (κ1) is 12.8. The van der Waals surface area contributed by atoms with Crippen LogP contribution in [0.5, 0.6) is 0 Å². The summed E-state index contributed by atoms with van der Waals surface area (Å²) in [7, 11) is 0. The second kappa shape index (κ2) is 6.33. The van der Waals surface area contributed by atoms with Crippen molar-refractivity contribution in [3.8, 4) is 0 Å². The Hall–Kier alpha value is -1.28. The maximum atomic E-state index is 10.5. The fourth-order valence-electron chi connectivity index (χ4n) is 1.61. The van der Waals surface area contributed by atoms with Gasteiger partial charge in [-0.05, 0) is 42.5 Å². The summed E-state index contributed by atoms with van der Waals surface area (Å²) in [6.45, 7) is 1.98. The summed E-state index contributed by atoms with van der Waals surface area (Å²) < 4.78 is 0. The Morgan fingerprint density at radius 2 is 2.25 bits per heavy atom. The molecule has 0 aromatic heterocycles. The minimum atomic E-state index is -0.924. The summed E-state index contributed by atoms with van der Waals surface area (Å²) in [4.78, 5) is 10.5. The molecule has 0 heterocycles. The van der Waals surface area contributed by atoms with Crippen LogP contribution < -0.4 is 0 Å². The van der Waals surface area contributed by atoms with Crippen molar-refractivity contribution in [2.24, 2.45) is 0 Å². The number of rotatable bonds is 5. The number of halogens is 1. The number of carboxylic acid groups (broad SMARTS) is 1. The largest absolute Gasteiger partial charge is 0.478 e. The lowest BCUT2D eigenvalue weighted by Crippen LogP contribution is -1.94. The molecule has 0 aliphatic rings. The molecule has 0 aliphatic heterocycles. The van der Waals surface area contributed by atoms with Gasteiger partial charge in [-0.15, -0.1) is 11.6 Å². The first-order valence-corrected chi connectivity index (χ1v) is 5.74. The SMILES string of the molecule is Cc1cccc(CCCCl)c1/C=C/C(=O)O. The first-order valence-electron chi connectivity index (χ1n) is 5.20. The van der Waals surface area contributed by atoms with Crippen molar-refractivity contribution >= 4 is 23.6 Å². The summed E-state index contributed by atoms with van der Waals surface area (Å²) in [6, 6.07) is 5.98. The van der Waals surface area contributed by atoms with E-state index in [1.54, 1.807) is 6.08 Å². The minimum Gasteiger partial charge on any atom is -0.478 e. The topological polar surface area (TPSA) is 37.3 Å². The van der Waals surface area contributed by atoms with Gasteiger partial charge < -0.3 is 5.11 Å². The third kappa shape index (κ3) is 3.70. The van der Waals surface area contributed by atoms with Gasteiger partial charge in [-0.25, -0.2) is 4.79 Å².